The summed E-state index contributed by atoms with van der Waals surface area (Å²) < 4.78 is 46.3. The Bertz CT molecular complexity index is 1680. The van der Waals surface area contributed by atoms with Crippen molar-refractivity contribution in [1.29, 1.82) is 0 Å². The highest BCUT2D eigenvalue weighted by Gasteiger charge is 2.30. The van der Waals surface area contributed by atoms with Crippen LogP contribution in [0.2, 0.25) is 0 Å². The molecule has 3 aromatic carbocycles. The van der Waals surface area contributed by atoms with Gasteiger partial charge in [0.1, 0.15) is 17.9 Å². The molecule has 0 aliphatic rings. The number of nitrogens with zero attached hydrogens (tertiary/aromatic N) is 1. The molecule has 0 fully saturated rings. The van der Waals surface area contributed by atoms with Crippen molar-refractivity contribution in [3.63, 3.8) is 0 Å². The molecule has 1 aromatic heterocycles. The van der Waals surface area contributed by atoms with Crippen LogP contribution in [0.1, 0.15) is 58.2 Å². The number of furan rings is 1. The van der Waals surface area contributed by atoms with Gasteiger partial charge in [-0.1, -0.05) is 50.2 Å². The Balaban J connectivity index is 1.70. The van der Waals surface area contributed by atoms with Crippen LogP contribution in [0.25, 0.3) is 22.1 Å². The molecule has 8 heteroatoms. The Labute approximate surface area is 242 Å². The van der Waals surface area contributed by atoms with Gasteiger partial charge in [0.2, 0.25) is 0 Å². The zero-order chi connectivity index (χ0) is 29.8. The third-order valence-corrected chi connectivity index (χ3v) is 8.61. The van der Waals surface area contributed by atoms with Gasteiger partial charge in [-0.05, 0) is 80.6 Å². The van der Waals surface area contributed by atoms with Gasteiger partial charge < -0.3 is 13.9 Å². The lowest BCUT2D eigenvalue weighted by molar-refractivity contribution is -0.142. The van der Waals surface area contributed by atoms with Crippen LogP contribution >= 0.6 is 0 Å². The first-order valence-electron chi connectivity index (χ1n) is 13.7. The molecule has 0 bridgehead atoms. The molecule has 4 aromatic rings. The molecule has 7 nitrogen and oxygen atoms in total. The molecule has 4 rings (SSSR count). The predicted octanol–water partition coefficient (Wildman–Crippen LogP) is 7.36. The third-order valence-electron chi connectivity index (χ3n) is 6.63. The molecule has 0 aliphatic heterocycles. The zero-order valence-corrected chi connectivity index (χ0v) is 25.2. The molecule has 0 aliphatic carbocycles. The number of benzene rings is 3. The van der Waals surface area contributed by atoms with Gasteiger partial charge in [-0.2, -0.15) is 4.40 Å². The van der Waals surface area contributed by atoms with E-state index in [-0.39, 0.29) is 24.9 Å². The van der Waals surface area contributed by atoms with Crippen LogP contribution in [0.5, 0.6) is 5.75 Å². The first-order valence-corrected chi connectivity index (χ1v) is 15.1. The van der Waals surface area contributed by atoms with Gasteiger partial charge in [-0.3, -0.25) is 4.79 Å². The van der Waals surface area contributed by atoms with E-state index in [1.165, 1.54) is 0 Å². The maximum absolute atomic E-state index is 12.9. The first kappa shape index (κ1) is 30.1. The number of carbonyl (C=O) groups excluding carboxylic acids is 1. The van der Waals surface area contributed by atoms with Gasteiger partial charge in [0.25, 0.3) is 10.0 Å². The highest BCUT2D eigenvalue weighted by atomic mass is 32.2. The molecule has 41 heavy (non-hydrogen) atoms. The van der Waals surface area contributed by atoms with Crippen molar-refractivity contribution in [3.05, 3.63) is 89.7 Å². The van der Waals surface area contributed by atoms with Crippen LogP contribution in [0, 0.1) is 5.92 Å². The highest BCUT2D eigenvalue weighted by Crippen LogP contribution is 2.33. The van der Waals surface area contributed by atoms with Gasteiger partial charge in [-0.15, -0.1) is 0 Å². The molecule has 0 saturated carbocycles. The minimum absolute atomic E-state index is 0.111. The largest absolute Gasteiger partial charge is 0.489 e. The number of carbonyl (C=O) groups is 1. The van der Waals surface area contributed by atoms with E-state index in [1.807, 2.05) is 80.6 Å². The summed E-state index contributed by atoms with van der Waals surface area (Å²) >= 11 is 0. The molecule has 0 atom stereocenters. The quantitative estimate of drug-likeness (QED) is 0.145. The number of hydrogen-bond acceptors (Lipinski definition) is 6. The fraction of sp³-hybridized carbons (Fsp3) is 0.333. The summed E-state index contributed by atoms with van der Waals surface area (Å²) in [4.78, 5) is 12.1. The maximum atomic E-state index is 12.9. The summed E-state index contributed by atoms with van der Waals surface area (Å²) in [5, 5.41) is 0.916. The topological polar surface area (TPSA) is 95.2 Å². The fourth-order valence-electron chi connectivity index (χ4n) is 4.37. The normalized spacial score (nSPS) is 12.6. The molecule has 0 radical (unpaired) electrons. The Morgan fingerprint density at radius 1 is 1.00 bits per heavy atom. The van der Waals surface area contributed by atoms with Crippen LogP contribution in [0.3, 0.4) is 0 Å². The molecule has 0 amide bonds. The van der Waals surface area contributed by atoms with Crippen molar-refractivity contribution in [3.8, 4) is 16.9 Å². The number of sulfonamides is 1. The van der Waals surface area contributed by atoms with Crippen molar-refractivity contribution >= 4 is 32.7 Å². The highest BCUT2D eigenvalue weighted by molar-refractivity contribution is 7.91. The van der Waals surface area contributed by atoms with E-state index in [4.69, 9.17) is 13.9 Å². The Kier molecular flexibility index (Phi) is 9.02. The second kappa shape index (κ2) is 12.3. The molecule has 1 heterocycles. The van der Waals surface area contributed by atoms with Crippen LogP contribution in [0.15, 0.2) is 81.8 Å². The number of fused-ring (bicyclic) bond motifs is 1. The minimum Gasteiger partial charge on any atom is -0.489 e. The third kappa shape index (κ3) is 7.06. The number of ether oxygens (including phenoxy) is 2. The number of para-hydroxylation sites is 1. The van der Waals surface area contributed by atoms with E-state index in [1.54, 1.807) is 34.0 Å². The van der Waals surface area contributed by atoms with Crippen molar-refractivity contribution in [2.45, 2.75) is 59.3 Å². The van der Waals surface area contributed by atoms with Gasteiger partial charge in [0.15, 0.2) is 0 Å². The van der Waals surface area contributed by atoms with Gasteiger partial charge in [-0.25, -0.2) is 8.42 Å². The number of esters is 1. The second-order valence-corrected chi connectivity index (χ2v) is 13.5. The monoisotopic (exact) mass is 575 g/mol. The number of rotatable bonds is 10. The summed E-state index contributed by atoms with van der Waals surface area (Å²) in [7, 11) is -3.72. The summed E-state index contributed by atoms with van der Waals surface area (Å²) in [6.07, 6.45) is 1.78. The Morgan fingerprint density at radius 2 is 1.76 bits per heavy atom. The van der Waals surface area contributed by atoms with Gasteiger partial charge in [0.05, 0.1) is 29.7 Å². The van der Waals surface area contributed by atoms with Crippen LogP contribution in [-0.4, -0.2) is 31.5 Å². The summed E-state index contributed by atoms with van der Waals surface area (Å²) in [5.74, 6) is 0.208. The lowest BCUT2D eigenvalue weighted by Gasteiger charge is -2.18. The maximum Gasteiger partial charge on any atom is 0.310 e. The SMILES string of the molecule is CCOC(=O)Cc1ccccc1OCc1cc(-c2cccc(C(=NS(=O)(=O)C(C)(C)C)C(C)C)c2)c2occc2c1. The molecular weight excluding hydrogens is 538 g/mol. The second-order valence-electron chi connectivity index (χ2n) is 11.2. The van der Waals surface area contributed by atoms with Crippen LogP contribution in [0.4, 0.5) is 0 Å². The first-order chi connectivity index (χ1) is 19.4. The van der Waals surface area contributed by atoms with Crippen molar-refractivity contribution in [1.82, 2.24) is 0 Å². The smallest absolute Gasteiger partial charge is 0.310 e. The van der Waals surface area contributed by atoms with Gasteiger partial charge in [0, 0.05) is 16.5 Å². The van der Waals surface area contributed by atoms with E-state index in [9.17, 15) is 13.2 Å². The molecule has 0 saturated heterocycles. The predicted molar refractivity (Wildman–Crippen MR) is 163 cm³/mol. The van der Waals surface area contributed by atoms with Crippen LogP contribution in [-0.2, 0) is 32.6 Å². The average Bonchev–Trinajstić information content (AvgIpc) is 3.39. The van der Waals surface area contributed by atoms with Gasteiger partial charge >= 0.3 is 5.97 Å². The molecular formula is C33H37NO6S. The molecule has 0 N–H and O–H groups in total. The fourth-order valence-corrected chi connectivity index (χ4v) is 5.21. The van der Waals surface area contributed by atoms with Crippen LogP contribution < -0.4 is 4.74 Å². The van der Waals surface area contributed by atoms with Crippen molar-refractivity contribution in [2.24, 2.45) is 10.3 Å². The van der Waals surface area contributed by atoms with E-state index in [0.29, 0.717) is 18.1 Å². The molecule has 0 unspecified atom stereocenters. The lowest BCUT2D eigenvalue weighted by atomic mass is 9.95. The Hall–Kier alpha value is -3.91. The van der Waals surface area contributed by atoms with Crippen molar-refractivity contribution in [2.75, 3.05) is 6.61 Å². The summed E-state index contributed by atoms with van der Waals surface area (Å²) in [5.41, 5.74) is 5.36. The molecule has 0 spiro atoms. The standard InChI is InChI=1S/C33H37NO6S/c1-7-38-30(35)20-25-11-8-9-14-29(25)40-21-23-17-27-15-16-39-32(27)28(18-23)24-12-10-13-26(19-24)31(22(2)3)34-41(36,37)33(4,5)6/h8-19,22H,7,20-21H2,1-6H3. The number of hydrogen-bond donors (Lipinski definition) is 0. The summed E-state index contributed by atoms with van der Waals surface area (Å²) in [6, 6.07) is 21.1. The van der Waals surface area contributed by atoms with E-state index in [0.717, 1.165) is 38.8 Å². The zero-order valence-electron chi connectivity index (χ0n) is 24.4. The van der Waals surface area contributed by atoms with E-state index in [2.05, 4.69) is 4.40 Å². The van der Waals surface area contributed by atoms with E-state index < -0.39 is 14.8 Å². The lowest BCUT2D eigenvalue weighted by Crippen LogP contribution is -2.28. The van der Waals surface area contributed by atoms with E-state index >= 15 is 0 Å². The van der Waals surface area contributed by atoms with Crippen molar-refractivity contribution < 1.29 is 27.1 Å². The summed E-state index contributed by atoms with van der Waals surface area (Å²) in [6.45, 7) is 11.2. The minimum atomic E-state index is -3.72. The molecule has 216 valence electrons. The Morgan fingerprint density at radius 3 is 2.46 bits per heavy atom. The average molecular weight is 576 g/mol.